The number of carbonyl (C=O) groups excluding carboxylic acids is 1. The summed E-state index contributed by atoms with van der Waals surface area (Å²) in [4.78, 5) is 12.0. The number of aryl methyl sites for hydroxylation is 1. The third kappa shape index (κ3) is 3.40. The molecule has 0 fully saturated rings. The van der Waals surface area contributed by atoms with E-state index in [2.05, 4.69) is 15.9 Å². The molecule has 0 saturated carbocycles. The van der Waals surface area contributed by atoms with Crippen molar-refractivity contribution >= 4 is 21.9 Å². The lowest BCUT2D eigenvalue weighted by Crippen LogP contribution is -2.19. The summed E-state index contributed by atoms with van der Waals surface area (Å²) >= 11 is 3.48. The molecule has 0 aromatic heterocycles. The van der Waals surface area contributed by atoms with Gasteiger partial charge in [-0.25, -0.2) is 4.79 Å². The monoisotopic (exact) mass is 356 g/mol. The smallest absolute Gasteiger partial charge is 0.339 e. The van der Waals surface area contributed by atoms with Crippen LogP contribution in [0.1, 0.15) is 49.0 Å². The number of benzene rings is 1. The molecule has 0 bridgehead atoms. The Labute approximate surface area is 133 Å². The molecule has 116 valence electrons. The Balaban J connectivity index is 2.55. The highest BCUT2D eigenvalue weighted by Crippen LogP contribution is 2.40. The maximum atomic E-state index is 12.0. The van der Waals surface area contributed by atoms with Crippen molar-refractivity contribution in [3.05, 3.63) is 27.2 Å². The SMILES string of the molecule is CCOC(=O)C(O)c1c2c(cc(Br)c1OC)CCCCC2. The maximum Gasteiger partial charge on any atom is 0.339 e. The second-order valence-electron chi connectivity index (χ2n) is 5.16. The molecule has 1 aromatic rings. The molecular formula is C16H21BrO4. The fraction of sp³-hybridized carbons (Fsp3) is 0.562. The van der Waals surface area contributed by atoms with Crippen LogP contribution in [0.3, 0.4) is 0 Å². The van der Waals surface area contributed by atoms with Gasteiger partial charge in [-0.2, -0.15) is 0 Å². The lowest BCUT2D eigenvalue weighted by atomic mass is 9.93. The van der Waals surface area contributed by atoms with E-state index >= 15 is 0 Å². The molecule has 0 saturated heterocycles. The molecule has 2 rings (SSSR count). The molecule has 0 spiro atoms. The number of fused-ring (bicyclic) bond motifs is 1. The summed E-state index contributed by atoms with van der Waals surface area (Å²) in [6, 6.07) is 2.04. The van der Waals surface area contributed by atoms with Crippen molar-refractivity contribution < 1.29 is 19.4 Å². The first kappa shape index (κ1) is 16.3. The molecule has 1 N–H and O–H groups in total. The van der Waals surface area contributed by atoms with Gasteiger partial charge in [0.1, 0.15) is 5.75 Å². The van der Waals surface area contributed by atoms with Gasteiger partial charge in [0.2, 0.25) is 0 Å². The summed E-state index contributed by atoms with van der Waals surface area (Å²) in [7, 11) is 1.55. The molecule has 1 aliphatic rings. The van der Waals surface area contributed by atoms with Crippen molar-refractivity contribution in [1.29, 1.82) is 0 Å². The van der Waals surface area contributed by atoms with Crippen LogP contribution in [0.25, 0.3) is 0 Å². The zero-order chi connectivity index (χ0) is 15.4. The summed E-state index contributed by atoms with van der Waals surface area (Å²) in [6.07, 6.45) is 3.85. The molecule has 4 nitrogen and oxygen atoms in total. The minimum atomic E-state index is -1.30. The van der Waals surface area contributed by atoms with Gasteiger partial charge < -0.3 is 14.6 Å². The van der Waals surface area contributed by atoms with E-state index in [9.17, 15) is 9.90 Å². The lowest BCUT2D eigenvalue weighted by Gasteiger charge is -2.21. The number of halogens is 1. The van der Waals surface area contributed by atoms with Crippen LogP contribution < -0.4 is 4.74 Å². The van der Waals surface area contributed by atoms with E-state index < -0.39 is 12.1 Å². The minimum absolute atomic E-state index is 0.244. The number of methoxy groups -OCH3 is 1. The van der Waals surface area contributed by atoms with Crippen LogP contribution in [-0.2, 0) is 22.4 Å². The fourth-order valence-corrected chi connectivity index (χ4v) is 3.54. The van der Waals surface area contributed by atoms with E-state index in [0.717, 1.165) is 42.1 Å². The van der Waals surface area contributed by atoms with Crippen LogP contribution in [0.2, 0.25) is 0 Å². The summed E-state index contributed by atoms with van der Waals surface area (Å²) < 4.78 is 11.1. The molecule has 21 heavy (non-hydrogen) atoms. The maximum absolute atomic E-state index is 12.0. The minimum Gasteiger partial charge on any atom is -0.495 e. The van der Waals surface area contributed by atoms with E-state index in [0.29, 0.717) is 11.3 Å². The van der Waals surface area contributed by atoms with Gasteiger partial charge in [-0.1, -0.05) is 6.42 Å². The number of hydrogen-bond acceptors (Lipinski definition) is 4. The number of aliphatic hydroxyl groups is 1. The second-order valence-corrected chi connectivity index (χ2v) is 6.01. The van der Waals surface area contributed by atoms with Crippen molar-refractivity contribution in [3.63, 3.8) is 0 Å². The first-order valence-corrected chi connectivity index (χ1v) is 8.12. The molecule has 1 atom stereocenters. The average Bonchev–Trinajstić information content (AvgIpc) is 2.70. The van der Waals surface area contributed by atoms with Crippen LogP contribution in [0.15, 0.2) is 10.5 Å². The van der Waals surface area contributed by atoms with Gasteiger partial charge in [0.05, 0.1) is 18.2 Å². The predicted octanol–water partition coefficient (Wildman–Crippen LogP) is 3.32. The van der Waals surface area contributed by atoms with E-state index in [4.69, 9.17) is 9.47 Å². The standard InChI is InChI=1S/C16H21BrO4/c1-3-21-16(19)14(18)13-11-8-6-4-5-7-10(11)9-12(17)15(13)20-2/h9,14,18H,3-8H2,1-2H3. The predicted molar refractivity (Wildman–Crippen MR) is 83.5 cm³/mol. The Bertz CT molecular complexity index is 527. The molecular weight excluding hydrogens is 336 g/mol. The van der Waals surface area contributed by atoms with Gasteiger partial charge in [-0.15, -0.1) is 0 Å². The number of aliphatic hydroxyl groups excluding tert-OH is 1. The fourth-order valence-electron chi connectivity index (χ4n) is 2.89. The van der Waals surface area contributed by atoms with Crippen molar-refractivity contribution in [2.75, 3.05) is 13.7 Å². The molecule has 1 unspecified atom stereocenters. The average molecular weight is 357 g/mol. The molecule has 0 heterocycles. The zero-order valence-electron chi connectivity index (χ0n) is 12.4. The number of carbonyl (C=O) groups is 1. The Morgan fingerprint density at radius 3 is 2.76 bits per heavy atom. The largest absolute Gasteiger partial charge is 0.495 e. The molecule has 0 radical (unpaired) electrons. The van der Waals surface area contributed by atoms with Gasteiger partial charge in [-0.05, 0) is 65.7 Å². The summed E-state index contributed by atoms with van der Waals surface area (Å²) in [5.74, 6) is -0.100. The van der Waals surface area contributed by atoms with Crippen LogP contribution >= 0.6 is 15.9 Å². The Hall–Kier alpha value is -1.07. The van der Waals surface area contributed by atoms with Crippen LogP contribution in [0.4, 0.5) is 0 Å². The Kier molecular flexibility index (Phi) is 5.65. The third-order valence-electron chi connectivity index (χ3n) is 3.84. The van der Waals surface area contributed by atoms with Crippen LogP contribution in [0, 0.1) is 0 Å². The van der Waals surface area contributed by atoms with E-state index in [-0.39, 0.29) is 6.61 Å². The summed E-state index contributed by atoms with van der Waals surface area (Å²) in [6.45, 7) is 1.97. The first-order valence-electron chi connectivity index (χ1n) is 7.33. The molecule has 0 aliphatic heterocycles. The lowest BCUT2D eigenvalue weighted by molar-refractivity contribution is -0.153. The summed E-state index contributed by atoms with van der Waals surface area (Å²) in [5.41, 5.74) is 2.77. The highest BCUT2D eigenvalue weighted by atomic mass is 79.9. The second kappa shape index (κ2) is 7.27. The van der Waals surface area contributed by atoms with Gasteiger partial charge in [-0.3, -0.25) is 0 Å². The summed E-state index contributed by atoms with van der Waals surface area (Å²) in [5, 5.41) is 10.4. The highest BCUT2D eigenvalue weighted by Gasteiger charge is 2.29. The molecule has 5 heteroatoms. The van der Waals surface area contributed by atoms with Crippen molar-refractivity contribution in [2.45, 2.75) is 45.1 Å². The van der Waals surface area contributed by atoms with Gasteiger partial charge in [0, 0.05) is 5.56 Å². The number of esters is 1. The van der Waals surface area contributed by atoms with Crippen molar-refractivity contribution in [1.82, 2.24) is 0 Å². The zero-order valence-corrected chi connectivity index (χ0v) is 14.0. The van der Waals surface area contributed by atoms with Gasteiger partial charge in [0.25, 0.3) is 0 Å². The third-order valence-corrected chi connectivity index (χ3v) is 4.42. The normalized spacial score (nSPS) is 15.8. The van der Waals surface area contributed by atoms with Crippen molar-refractivity contribution in [2.24, 2.45) is 0 Å². The van der Waals surface area contributed by atoms with E-state index in [1.807, 2.05) is 6.07 Å². The van der Waals surface area contributed by atoms with Gasteiger partial charge in [0.15, 0.2) is 6.10 Å². The molecule has 0 amide bonds. The Morgan fingerprint density at radius 2 is 2.10 bits per heavy atom. The van der Waals surface area contributed by atoms with Crippen molar-refractivity contribution in [3.8, 4) is 5.75 Å². The first-order chi connectivity index (χ1) is 10.1. The van der Waals surface area contributed by atoms with Crippen LogP contribution in [-0.4, -0.2) is 24.8 Å². The topological polar surface area (TPSA) is 55.8 Å². The van der Waals surface area contributed by atoms with E-state index in [1.165, 1.54) is 5.56 Å². The number of hydrogen-bond donors (Lipinski definition) is 1. The van der Waals surface area contributed by atoms with Crippen LogP contribution in [0.5, 0.6) is 5.75 Å². The van der Waals surface area contributed by atoms with E-state index in [1.54, 1.807) is 14.0 Å². The van der Waals surface area contributed by atoms with Gasteiger partial charge >= 0.3 is 5.97 Å². The highest BCUT2D eigenvalue weighted by molar-refractivity contribution is 9.10. The molecule has 1 aliphatic carbocycles. The molecule has 1 aromatic carbocycles. The number of rotatable bonds is 4. The number of ether oxygens (including phenoxy) is 2. The quantitative estimate of drug-likeness (QED) is 0.664. The Morgan fingerprint density at radius 1 is 1.38 bits per heavy atom.